The molecule has 0 saturated carbocycles. The molecule has 1 aromatic heterocycles. The molecule has 0 bridgehead atoms. The molecule has 1 fully saturated rings. The zero-order chi connectivity index (χ0) is 21.3. The fourth-order valence-electron chi connectivity index (χ4n) is 3.29. The maximum absolute atomic E-state index is 13.0. The van der Waals surface area contributed by atoms with Crippen molar-refractivity contribution in [3.05, 3.63) is 71.3 Å². The predicted molar refractivity (Wildman–Crippen MR) is 116 cm³/mol. The van der Waals surface area contributed by atoms with E-state index in [0.717, 1.165) is 0 Å². The van der Waals surface area contributed by atoms with E-state index < -0.39 is 17.7 Å². The Kier molecular flexibility index (Phi) is 5.56. The maximum atomic E-state index is 13.0. The largest absolute Gasteiger partial charge is 0.507 e. The molecule has 2 aromatic carbocycles. The molecule has 152 valence electrons. The highest BCUT2D eigenvalue weighted by Crippen LogP contribution is 2.44. The highest BCUT2D eigenvalue weighted by molar-refractivity contribution is 8.00. The number of rotatable bonds is 5. The molecule has 1 saturated heterocycles. The van der Waals surface area contributed by atoms with E-state index in [-0.39, 0.29) is 11.3 Å². The molecule has 1 aliphatic heterocycles. The summed E-state index contributed by atoms with van der Waals surface area (Å²) in [4.78, 5) is 27.3. The van der Waals surface area contributed by atoms with Crippen molar-refractivity contribution in [3.8, 4) is 5.75 Å². The van der Waals surface area contributed by atoms with Crippen molar-refractivity contribution in [2.45, 2.75) is 10.4 Å². The average molecular weight is 440 g/mol. The van der Waals surface area contributed by atoms with E-state index in [4.69, 9.17) is 4.74 Å². The first-order valence-corrected chi connectivity index (χ1v) is 11.0. The first-order valence-electron chi connectivity index (χ1n) is 8.93. The summed E-state index contributed by atoms with van der Waals surface area (Å²) in [5, 5.41) is 19.4. The molecular formula is C21H17N3O4S2. The Morgan fingerprint density at radius 2 is 1.90 bits per heavy atom. The van der Waals surface area contributed by atoms with Crippen LogP contribution in [0.3, 0.4) is 0 Å². The van der Waals surface area contributed by atoms with E-state index >= 15 is 0 Å². The molecule has 1 amide bonds. The highest BCUT2D eigenvalue weighted by Gasteiger charge is 2.48. The van der Waals surface area contributed by atoms with E-state index in [0.29, 0.717) is 26.3 Å². The van der Waals surface area contributed by atoms with Crippen molar-refractivity contribution in [3.63, 3.8) is 0 Å². The molecule has 30 heavy (non-hydrogen) atoms. The number of carbonyl (C=O) groups excluding carboxylic acids is 2. The van der Waals surface area contributed by atoms with Gasteiger partial charge in [-0.15, -0.1) is 10.2 Å². The third-order valence-corrected chi connectivity index (χ3v) is 6.58. The molecule has 0 unspecified atom stereocenters. The molecule has 2 heterocycles. The molecule has 9 heteroatoms. The van der Waals surface area contributed by atoms with E-state index in [1.165, 1.54) is 35.1 Å². The Morgan fingerprint density at radius 1 is 1.13 bits per heavy atom. The molecule has 4 rings (SSSR count). The Morgan fingerprint density at radius 3 is 2.57 bits per heavy atom. The summed E-state index contributed by atoms with van der Waals surface area (Å²) in [6.07, 6.45) is 1.85. The minimum absolute atomic E-state index is 0.000328. The average Bonchev–Trinajstić information content (AvgIpc) is 3.36. The van der Waals surface area contributed by atoms with Gasteiger partial charge in [-0.2, -0.15) is 0 Å². The van der Waals surface area contributed by atoms with Crippen LogP contribution in [-0.4, -0.2) is 40.4 Å². The SMILES string of the molecule is COc1cccc([C@@H]2C(=C(O)c3ccccc3)C(=O)C(=O)N2c2nnc(SC)s2)c1. The lowest BCUT2D eigenvalue weighted by atomic mass is 9.95. The van der Waals surface area contributed by atoms with Crippen LogP contribution in [0.2, 0.25) is 0 Å². The number of hydrogen-bond donors (Lipinski definition) is 1. The van der Waals surface area contributed by atoms with E-state index in [1.807, 2.05) is 6.26 Å². The van der Waals surface area contributed by atoms with E-state index in [9.17, 15) is 14.7 Å². The number of Topliss-reactive ketones (excluding diaryl/α,β-unsaturated/α-hetero) is 1. The van der Waals surface area contributed by atoms with Gasteiger partial charge < -0.3 is 9.84 Å². The van der Waals surface area contributed by atoms with Crippen LogP contribution in [0.5, 0.6) is 5.75 Å². The van der Waals surface area contributed by atoms with Gasteiger partial charge in [-0.05, 0) is 24.0 Å². The van der Waals surface area contributed by atoms with Crippen molar-refractivity contribution in [1.82, 2.24) is 10.2 Å². The molecule has 0 spiro atoms. The minimum Gasteiger partial charge on any atom is -0.507 e. The minimum atomic E-state index is -0.858. The molecule has 1 N–H and O–H groups in total. The van der Waals surface area contributed by atoms with Crippen molar-refractivity contribution in [2.75, 3.05) is 18.3 Å². The third kappa shape index (κ3) is 3.46. The number of anilines is 1. The molecule has 0 radical (unpaired) electrons. The van der Waals surface area contributed by atoms with Gasteiger partial charge in [-0.25, -0.2) is 0 Å². The number of aliphatic hydroxyl groups is 1. The summed E-state index contributed by atoms with van der Waals surface area (Å²) >= 11 is 2.61. The summed E-state index contributed by atoms with van der Waals surface area (Å²) < 4.78 is 5.98. The van der Waals surface area contributed by atoms with Gasteiger partial charge in [0.25, 0.3) is 5.78 Å². The summed E-state index contributed by atoms with van der Waals surface area (Å²) in [6, 6.07) is 14.9. The third-order valence-electron chi connectivity index (χ3n) is 4.68. The number of ketones is 1. The number of aliphatic hydroxyl groups excluding tert-OH is 1. The molecular weight excluding hydrogens is 422 g/mol. The number of thioether (sulfide) groups is 1. The van der Waals surface area contributed by atoms with Crippen LogP contribution in [-0.2, 0) is 9.59 Å². The summed E-state index contributed by atoms with van der Waals surface area (Å²) in [7, 11) is 1.54. The van der Waals surface area contributed by atoms with Crippen molar-refractivity contribution >= 4 is 45.7 Å². The zero-order valence-corrected chi connectivity index (χ0v) is 17.7. The van der Waals surface area contributed by atoms with Gasteiger partial charge in [0.15, 0.2) is 4.34 Å². The lowest BCUT2D eigenvalue weighted by Gasteiger charge is -2.22. The Labute approximate surface area is 181 Å². The Balaban J connectivity index is 1.94. The Hall–Kier alpha value is -3.17. The highest BCUT2D eigenvalue weighted by atomic mass is 32.2. The fourth-order valence-corrected chi connectivity index (χ4v) is 4.58. The van der Waals surface area contributed by atoms with Crippen LogP contribution in [0.4, 0.5) is 5.13 Å². The summed E-state index contributed by atoms with van der Waals surface area (Å²) in [5.41, 5.74) is 1.07. The smallest absolute Gasteiger partial charge is 0.301 e. The first-order chi connectivity index (χ1) is 14.5. The number of methoxy groups -OCH3 is 1. The quantitative estimate of drug-likeness (QED) is 0.212. The fraction of sp³-hybridized carbons (Fsp3) is 0.143. The molecule has 7 nitrogen and oxygen atoms in total. The summed E-state index contributed by atoms with van der Waals surface area (Å²) in [6.45, 7) is 0. The van der Waals surface area contributed by atoms with Crippen molar-refractivity contribution in [2.24, 2.45) is 0 Å². The second kappa shape index (κ2) is 8.29. The van der Waals surface area contributed by atoms with Gasteiger partial charge in [0.05, 0.1) is 18.7 Å². The number of hydrogen-bond acceptors (Lipinski definition) is 8. The van der Waals surface area contributed by atoms with Crippen molar-refractivity contribution < 1.29 is 19.4 Å². The van der Waals surface area contributed by atoms with Gasteiger partial charge in [-0.1, -0.05) is 65.6 Å². The number of amides is 1. The first kappa shape index (κ1) is 20.1. The van der Waals surface area contributed by atoms with Gasteiger partial charge in [0.1, 0.15) is 11.5 Å². The zero-order valence-electron chi connectivity index (χ0n) is 16.1. The maximum Gasteiger partial charge on any atom is 0.301 e. The van der Waals surface area contributed by atoms with Crippen LogP contribution in [0, 0.1) is 0 Å². The number of benzene rings is 2. The van der Waals surface area contributed by atoms with Gasteiger partial charge >= 0.3 is 5.91 Å². The van der Waals surface area contributed by atoms with Crippen LogP contribution < -0.4 is 9.64 Å². The van der Waals surface area contributed by atoms with Gasteiger partial charge in [0, 0.05) is 5.56 Å². The monoisotopic (exact) mass is 439 g/mol. The second-order valence-corrected chi connectivity index (χ2v) is 8.38. The lowest BCUT2D eigenvalue weighted by Crippen LogP contribution is -2.29. The number of nitrogens with zero attached hydrogens (tertiary/aromatic N) is 3. The van der Waals surface area contributed by atoms with Crippen LogP contribution in [0.15, 0.2) is 64.5 Å². The van der Waals surface area contributed by atoms with E-state index in [1.54, 1.807) is 54.6 Å². The molecule has 3 aromatic rings. The molecule has 0 aliphatic carbocycles. The number of carbonyl (C=O) groups is 2. The van der Waals surface area contributed by atoms with E-state index in [2.05, 4.69) is 10.2 Å². The second-order valence-electron chi connectivity index (χ2n) is 6.37. The van der Waals surface area contributed by atoms with Crippen molar-refractivity contribution in [1.29, 1.82) is 0 Å². The normalized spacial score (nSPS) is 18.1. The lowest BCUT2D eigenvalue weighted by molar-refractivity contribution is -0.132. The predicted octanol–water partition coefficient (Wildman–Crippen LogP) is 3.89. The van der Waals surface area contributed by atoms with Gasteiger partial charge in [0.2, 0.25) is 5.13 Å². The van der Waals surface area contributed by atoms with Crippen LogP contribution in [0.25, 0.3) is 5.76 Å². The molecule has 1 atom stereocenters. The van der Waals surface area contributed by atoms with Crippen LogP contribution >= 0.6 is 23.1 Å². The Bertz CT molecular complexity index is 1140. The topological polar surface area (TPSA) is 92.6 Å². The number of ether oxygens (including phenoxy) is 1. The summed E-state index contributed by atoms with van der Waals surface area (Å²) in [5.74, 6) is -1.20. The van der Waals surface area contributed by atoms with Crippen LogP contribution in [0.1, 0.15) is 17.2 Å². The standard InChI is InChI=1S/C21H17N3O4S2/c1-28-14-10-6-9-13(11-14)16-15(17(25)12-7-4-3-5-8-12)18(26)19(27)24(16)20-22-23-21(29-2)30-20/h3-11,16,25H,1-2H3/t16-/m1/s1. The van der Waals surface area contributed by atoms with Gasteiger partial charge in [-0.3, -0.25) is 14.5 Å². The number of aromatic nitrogens is 2. The molecule has 1 aliphatic rings.